The van der Waals surface area contributed by atoms with Gasteiger partial charge < -0.3 is 14.6 Å². The Morgan fingerprint density at radius 1 is 1.42 bits per heavy atom. The molecule has 0 atom stereocenters. The Labute approximate surface area is 111 Å². The SMILES string of the molecule is COC(=O)c1[nH]c2ccc(C)cc2c1N=CN(C)C. The highest BCUT2D eigenvalue weighted by molar-refractivity contribution is 6.05. The van der Waals surface area contributed by atoms with Crippen LogP contribution in [-0.2, 0) is 4.74 Å². The normalized spacial score (nSPS) is 11.2. The topological polar surface area (TPSA) is 57.7 Å². The van der Waals surface area contributed by atoms with E-state index in [0.717, 1.165) is 16.5 Å². The fourth-order valence-electron chi connectivity index (χ4n) is 1.85. The van der Waals surface area contributed by atoms with E-state index in [1.54, 1.807) is 6.34 Å². The zero-order valence-electron chi connectivity index (χ0n) is 11.5. The Balaban J connectivity index is 2.66. The van der Waals surface area contributed by atoms with E-state index in [2.05, 4.69) is 9.98 Å². The van der Waals surface area contributed by atoms with Crippen molar-refractivity contribution in [2.45, 2.75) is 6.92 Å². The number of aromatic nitrogens is 1. The maximum atomic E-state index is 11.8. The molecule has 0 saturated carbocycles. The zero-order valence-corrected chi connectivity index (χ0v) is 11.5. The van der Waals surface area contributed by atoms with Crippen LogP contribution in [0.15, 0.2) is 23.2 Å². The van der Waals surface area contributed by atoms with E-state index in [1.165, 1.54) is 7.11 Å². The predicted molar refractivity (Wildman–Crippen MR) is 76.2 cm³/mol. The Bertz CT molecular complexity index is 641. The average molecular weight is 259 g/mol. The average Bonchev–Trinajstić information content (AvgIpc) is 2.73. The van der Waals surface area contributed by atoms with Gasteiger partial charge in [-0.15, -0.1) is 0 Å². The van der Waals surface area contributed by atoms with Gasteiger partial charge in [-0.2, -0.15) is 0 Å². The van der Waals surface area contributed by atoms with Crippen LogP contribution >= 0.6 is 0 Å². The number of aryl methyl sites for hydroxylation is 1. The number of esters is 1. The summed E-state index contributed by atoms with van der Waals surface area (Å²) in [5.41, 5.74) is 2.97. The molecule has 2 rings (SSSR count). The number of aromatic amines is 1. The van der Waals surface area contributed by atoms with Crippen LogP contribution in [-0.4, -0.2) is 43.4 Å². The Morgan fingerprint density at radius 2 is 2.16 bits per heavy atom. The molecule has 0 aliphatic carbocycles. The summed E-state index contributed by atoms with van der Waals surface area (Å²) < 4.78 is 4.79. The van der Waals surface area contributed by atoms with Crippen LogP contribution < -0.4 is 0 Å². The maximum absolute atomic E-state index is 11.8. The van der Waals surface area contributed by atoms with Gasteiger partial charge in [0.1, 0.15) is 5.69 Å². The van der Waals surface area contributed by atoms with E-state index in [0.29, 0.717) is 11.4 Å². The summed E-state index contributed by atoms with van der Waals surface area (Å²) in [4.78, 5) is 21.0. The van der Waals surface area contributed by atoms with Crippen LogP contribution in [0.4, 0.5) is 5.69 Å². The molecule has 0 radical (unpaired) electrons. The van der Waals surface area contributed by atoms with Crippen molar-refractivity contribution in [3.05, 3.63) is 29.5 Å². The van der Waals surface area contributed by atoms with Gasteiger partial charge in [0, 0.05) is 25.0 Å². The molecule has 2 aromatic rings. The van der Waals surface area contributed by atoms with Gasteiger partial charge >= 0.3 is 5.97 Å². The van der Waals surface area contributed by atoms with Gasteiger partial charge in [-0.3, -0.25) is 0 Å². The molecular weight excluding hydrogens is 242 g/mol. The Morgan fingerprint density at radius 3 is 2.79 bits per heavy atom. The number of fused-ring (bicyclic) bond motifs is 1. The molecule has 0 aliphatic heterocycles. The first-order valence-electron chi connectivity index (χ1n) is 5.94. The van der Waals surface area contributed by atoms with Crippen molar-refractivity contribution >= 4 is 28.9 Å². The maximum Gasteiger partial charge on any atom is 0.356 e. The van der Waals surface area contributed by atoms with Gasteiger partial charge in [0.05, 0.1) is 13.4 Å². The van der Waals surface area contributed by atoms with Crippen molar-refractivity contribution in [1.29, 1.82) is 0 Å². The van der Waals surface area contributed by atoms with Crippen LogP contribution in [0.2, 0.25) is 0 Å². The molecular formula is C14H17N3O2. The standard InChI is InChI=1S/C14H17N3O2/c1-9-5-6-11-10(7-9)12(15-8-17(2)3)13(16-11)14(18)19-4/h5-8,16H,1-4H3. The first kappa shape index (κ1) is 13.1. The van der Waals surface area contributed by atoms with Crippen molar-refractivity contribution in [1.82, 2.24) is 9.88 Å². The number of rotatable bonds is 3. The highest BCUT2D eigenvalue weighted by atomic mass is 16.5. The highest BCUT2D eigenvalue weighted by Gasteiger charge is 2.17. The molecule has 1 aromatic heterocycles. The summed E-state index contributed by atoms with van der Waals surface area (Å²) >= 11 is 0. The van der Waals surface area contributed by atoms with E-state index in [4.69, 9.17) is 4.74 Å². The molecule has 0 saturated heterocycles. The van der Waals surface area contributed by atoms with Crippen LogP contribution in [0.3, 0.4) is 0 Å². The first-order chi connectivity index (χ1) is 9.02. The number of nitrogens with zero attached hydrogens (tertiary/aromatic N) is 2. The lowest BCUT2D eigenvalue weighted by Gasteiger charge is -2.03. The monoisotopic (exact) mass is 259 g/mol. The van der Waals surface area contributed by atoms with E-state index in [9.17, 15) is 4.79 Å². The lowest BCUT2D eigenvalue weighted by Crippen LogP contribution is -2.07. The first-order valence-corrected chi connectivity index (χ1v) is 5.94. The van der Waals surface area contributed by atoms with Gasteiger partial charge in [-0.05, 0) is 19.1 Å². The molecule has 1 aromatic carbocycles. The molecule has 0 unspecified atom stereocenters. The van der Waals surface area contributed by atoms with Crippen LogP contribution in [0.25, 0.3) is 10.9 Å². The van der Waals surface area contributed by atoms with Gasteiger partial charge in [0.2, 0.25) is 0 Å². The van der Waals surface area contributed by atoms with E-state index in [1.807, 2.05) is 44.1 Å². The number of benzene rings is 1. The fourth-order valence-corrected chi connectivity index (χ4v) is 1.85. The number of carbonyl (C=O) groups excluding carboxylic acids is 1. The molecule has 5 heteroatoms. The third kappa shape index (κ3) is 2.59. The van der Waals surface area contributed by atoms with Crippen molar-refractivity contribution in [2.75, 3.05) is 21.2 Å². The van der Waals surface area contributed by atoms with E-state index >= 15 is 0 Å². The largest absolute Gasteiger partial charge is 0.464 e. The van der Waals surface area contributed by atoms with E-state index in [-0.39, 0.29) is 0 Å². The van der Waals surface area contributed by atoms with Gasteiger partial charge in [-0.1, -0.05) is 11.6 Å². The predicted octanol–water partition coefficient (Wildman–Crippen LogP) is 2.48. The summed E-state index contributed by atoms with van der Waals surface area (Å²) in [6.07, 6.45) is 1.66. The van der Waals surface area contributed by atoms with Crippen molar-refractivity contribution in [3.63, 3.8) is 0 Å². The summed E-state index contributed by atoms with van der Waals surface area (Å²) in [5.74, 6) is -0.417. The van der Waals surface area contributed by atoms with Crippen molar-refractivity contribution in [2.24, 2.45) is 4.99 Å². The fraction of sp³-hybridized carbons (Fsp3) is 0.286. The summed E-state index contributed by atoms with van der Waals surface area (Å²) in [5, 5.41) is 0.915. The lowest BCUT2D eigenvalue weighted by atomic mass is 10.1. The van der Waals surface area contributed by atoms with Gasteiger partial charge in [0.15, 0.2) is 5.69 Å². The van der Waals surface area contributed by atoms with Gasteiger partial charge in [-0.25, -0.2) is 9.79 Å². The molecule has 100 valence electrons. The number of H-pyrrole nitrogens is 1. The van der Waals surface area contributed by atoms with Crippen LogP contribution in [0, 0.1) is 6.92 Å². The summed E-state index contributed by atoms with van der Waals surface area (Å²) in [6.45, 7) is 2.00. The molecule has 0 bridgehead atoms. The van der Waals surface area contributed by atoms with E-state index < -0.39 is 5.97 Å². The smallest absolute Gasteiger partial charge is 0.356 e. The number of methoxy groups -OCH3 is 1. The number of ether oxygens (including phenoxy) is 1. The second-order valence-corrected chi connectivity index (χ2v) is 4.60. The highest BCUT2D eigenvalue weighted by Crippen LogP contribution is 2.31. The molecule has 0 amide bonds. The number of hydrogen-bond acceptors (Lipinski definition) is 3. The number of carbonyl (C=O) groups is 1. The minimum atomic E-state index is -0.417. The third-order valence-corrected chi connectivity index (χ3v) is 2.73. The number of aliphatic imine (C=N–C) groups is 1. The van der Waals surface area contributed by atoms with Crippen molar-refractivity contribution in [3.8, 4) is 0 Å². The molecule has 1 heterocycles. The molecule has 0 spiro atoms. The summed E-state index contributed by atoms with van der Waals surface area (Å²) in [6, 6.07) is 5.92. The molecule has 5 nitrogen and oxygen atoms in total. The van der Waals surface area contributed by atoms with Crippen molar-refractivity contribution < 1.29 is 9.53 Å². The third-order valence-electron chi connectivity index (χ3n) is 2.73. The zero-order chi connectivity index (χ0) is 14.0. The minimum absolute atomic E-state index is 0.376. The van der Waals surface area contributed by atoms with Crippen LogP contribution in [0.5, 0.6) is 0 Å². The number of nitrogens with one attached hydrogen (secondary N) is 1. The molecule has 1 N–H and O–H groups in total. The second kappa shape index (κ2) is 5.14. The lowest BCUT2D eigenvalue weighted by molar-refractivity contribution is 0.0596. The van der Waals surface area contributed by atoms with Crippen LogP contribution in [0.1, 0.15) is 16.1 Å². The minimum Gasteiger partial charge on any atom is -0.464 e. The second-order valence-electron chi connectivity index (χ2n) is 4.60. The van der Waals surface area contributed by atoms with Gasteiger partial charge in [0.25, 0.3) is 0 Å². The molecule has 19 heavy (non-hydrogen) atoms. The molecule has 0 aliphatic rings. The Kier molecular flexibility index (Phi) is 3.55. The summed E-state index contributed by atoms with van der Waals surface area (Å²) in [7, 11) is 5.11. The number of hydrogen-bond donors (Lipinski definition) is 1. The molecule has 0 fully saturated rings. The Hall–Kier alpha value is -2.30. The quantitative estimate of drug-likeness (QED) is 0.523.